The van der Waals surface area contributed by atoms with Gasteiger partial charge in [0.1, 0.15) is 0 Å². The van der Waals surface area contributed by atoms with Gasteiger partial charge in [0.05, 0.1) is 5.69 Å². The molecule has 16 heavy (non-hydrogen) atoms. The van der Waals surface area contributed by atoms with E-state index in [-0.39, 0.29) is 5.91 Å². The highest BCUT2D eigenvalue weighted by molar-refractivity contribution is 6.20. The highest BCUT2D eigenvalue weighted by atomic mass is 16.6. The average Bonchev–Trinajstić information content (AvgIpc) is 2.39. The first-order chi connectivity index (χ1) is 7.43. The maximum atomic E-state index is 12.0. The van der Waals surface area contributed by atoms with E-state index in [1.54, 1.807) is 26.0 Å². The van der Waals surface area contributed by atoms with Crippen LogP contribution in [0.5, 0.6) is 0 Å². The zero-order valence-electron chi connectivity index (χ0n) is 9.48. The van der Waals surface area contributed by atoms with E-state index in [9.17, 15) is 9.59 Å². The molecule has 0 spiro atoms. The van der Waals surface area contributed by atoms with Crippen molar-refractivity contribution < 1.29 is 14.3 Å². The number of amides is 2. The first-order valence-corrected chi connectivity index (χ1v) is 5.06. The predicted molar refractivity (Wildman–Crippen MR) is 59.2 cm³/mol. The molecule has 1 aromatic carbocycles. The molecule has 0 unspecified atom stereocenters. The molecule has 1 aliphatic heterocycles. The first-order valence-electron chi connectivity index (χ1n) is 5.06. The summed E-state index contributed by atoms with van der Waals surface area (Å²) in [5.41, 5.74) is 0.382. The van der Waals surface area contributed by atoms with Crippen LogP contribution in [-0.2, 0) is 9.53 Å². The molecule has 2 rings (SSSR count). The number of para-hydroxylation sites is 1. The van der Waals surface area contributed by atoms with Crippen molar-refractivity contribution in [2.24, 2.45) is 0 Å². The number of ether oxygens (including phenoxy) is 1. The van der Waals surface area contributed by atoms with Crippen molar-refractivity contribution in [3.05, 3.63) is 29.8 Å². The summed E-state index contributed by atoms with van der Waals surface area (Å²) in [4.78, 5) is 24.7. The van der Waals surface area contributed by atoms with Gasteiger partial charge in [0.25, 0.3) is 5.91 Å². The number of hydrogen-bond donors (Lipinski definition) is 0. The summed E-state index contributed by atoms with van der Waals surface area (Å²) in [6, 6.07) is 7.22. The molecular weight excluding hydrogens is 206 g/mol. The maximum Gasteiger partial charge on any atom is 0.422 e. The number of carbonyl (C=O) groups excluding carboxylic acids is 2. The largest absolute Gasteiger partial charge is 0.433 e. The quantitative estimate of drug-likeness (QED) is 0.727. The Hall–Kier alpha value is -1.84. The van der Waals surface area contributed by atoms with Gasteiger partial charge in [0.15, 0.2) is 5.60 Å². The Morgan fingerprint density at radius 2 is 1.81 bits per heavy atom. The number of rotatable bonds is 1. The second-order valence-corrected chi connectivity index (χ2v) is 4.31. The minimum absolute atomic E-state index is 0.327. The van der Waals surface area contributed by atoms with Gasteiger partial charge in [-0.1, -0.05) is 18.2 Å². The minimum Gasteiger partial charge on any atom is -0.433 e. The zero-order valence-corrected chi connectivity index (χ0v) is 9.48. The summed E-state index contributed by atoms with van der Waals surface area (Å²) in [6.07, 6.45) is -0.607. The summed E-state index contributed by atoms with van der Waals surface area (Å²) < 4.78 is 5.02. The van der Waals surface area contributed by atoms with Crippen molar-refractivity contribution in [3.63, 3.8) is 0 Å². The predicted octanol–water partition coefficient (Wildman–Crippen LogP) is 2.26. The molecule has 1 aromatic rings. The van der Waals surface area contributed by atoms with E-state index in [2.05, 4.69) is 0 Å². The first kappa shape index (κ1) is 10.7. The summed E-state index contributed by atoms with van der Waals surface area (Å²) in [7, 11) is 0. The Balaban J connectivity index is 2.47. The second kappa shape index (κ2) is 3.33. The summed E-state index contributed by atoms with van der Waals surface area (Å²) >= 11 is 0. The number of hydrogen-bond acceptors (Lipinski definition) is 3. The van der Waals surface area contributed by atoms with Gasteiger partial charge < -0.3 is 4.74 Å². The van der Waals surface area contributed by atoms with Crippen LogP contribution in [0.15, 0.2) is 24.3 Å². The molecule has 84 valence electrons. The van der Waals surface area contributed by atoms with E-state index < -0.39 is 11.7 Å². The maximum absolute atomic E-state index is 12.0. The number of nitrogens with zero attached hydrogens (tertiary/aromatic N) is 1. The van der Waals surface area contributed by atoms with Crippen molar-refractivity contribution >= 4 is 17.7 Å². The van der Waals surface area contributed by atoms with E-state index in [0.29, 0.717) is 5.69 Å². The molecule has 0 atom stereocenters. The van der Waals surface area contributed by atoms with E-state index in [1.807, 2.05) is 19.1 Å². The molecule has 0 aromatic heterocycles. The number of carbonyl (C=O) groups is 2. The molecule has 4 heteroatoms. The molecule has 0 radical (unpaired) electrons. The van der Waals surface area contributed by atoms with Crippen molar-refractivity contribution in [1.82, 2.24) is 0 Å². The third-order valence-electron chi connectivity index (χ3n) is 2.60. The van der Waals surface area contributed by atoms with Crippen molar-refractivity contribution in [2.75, 3.05) is 4.90 Å². The third-order valence-corrected chi connectivity index (χ3v) is 2.60. The molecule has 0 bridgehead atoms. The Kier molecular flexibility index (Phi) is 2.22. The van der Waals surface area contributed by atoms with Crippen LogP contribution < -0.4 is 4.90 Å². The molecule has 0 saturated carbocycles. The molecule has 2 amide bonds. The third kappa shape index (κ3) is 1.46. The lowest BCUT2D eigenvalue weighted by molar-refractivity contribution is -0.127. The standard InChI is InChI=1S/C12H13NO3/c1-8-6-4-5-7-9(8)13-10(14)12(2,3)16-11(13)15/h4-7H,1-3H3. The van der Waals surface area contributed by atoms with E-state index >= 15 is 0 Å². The van der Waals surface area contributed by atoms with Crippen LogP contribution in [0.3, 0.4) is 0 Å². The fraction of sp³-hybridized carbons (Fsp3) is 0.333. The topological polar surface area (TPSA) is 46.6 Å². The van der Waals surface area contributed by atoms with Crippen LogP contribution in [0.2, 0.25) is 0 Å². The van der Waals surface area contributed by atoms with Gasteiger partial charge in [0.2, 0.25) is 0 Å². The van der Waals surface area contributed by atoms with Crippen LogP contribution in [0, 0.1) is 6.92 Å². The average molecular weight is 219 g/mol. The smallest absolute Gasteiger partial charge is 0.422 e. The molecular formula is C12H13NO3. The fourth-order valence-electron chi connectivity index (χ4n) is 1.68. The normalized spacial score (nSPS) is 18.8. The van der Waals surface area contributed by atoms with Crippen LogP contribution >= 0.6 is 0 Å². The highest BCUT2D eigenvalue weighted by Crippen LogP contribution is 2.30. The van der Waals surface area contributed by atoms with Gasteiger partial charge in [-0.2, -0.15) is 0 Å². The summed E-state index contributed by atoms with van der Waals surface area (Å²) in [6.45, 7) is 5.03. The fourth-order valence-corrected chi connectivity index (χ4v) is 1.68. The van der Waals surface area contributed by atoms with E-state index in [4.69, 9.17) is 4.74 Å². The van der Waals surface area contributed by atoms with Gasteiger partial charge in [-0.3, -0.25) is 4.79 Å². The lowest BCUT2D eigenvalue weighted by Crippen LogP contribution is -2.36. The number of benzene rings is 1. The second-order valence-electron chi connectivity index (χ2n) is 4.31. The number of aryl methyl sites for hydroxylation is 1. The lowest BCUT2D eigenvalue weighted by Gasteiger charge is -2.15. The van der Waals surface area contributed by atoms with Gasteiger partial charge in [-0.05, 0) is 32.4 Å². The molecule has 0 N–H and O–H groups in total. The Labute approximate surface area is 93.8 Å². The van der Waals surface area contributed by atoms with Gasteiger partial charge in [-0.15, -0.1) is 0 Å². The molecule has 1 saturated heterocycles. The van der Waals surface area contributed by atoms with E-state index in [0.717, 1.165) is 10.5 Å². The highest BCUT2D eigenvalue weighted by Gasteiger charge is 2.48. The SMILES string of the molecule is Cc1ccccc1N1C(=O)OC(C)(C)C1=O. The van der Waals surface area contributed by atoms with Crippen LogP contribution in [0.4, 0.5) is 10.5 Å². The van der Waals surface area contributed by atoms with Crippen molar-refractivity contribution in [1.29, 1.82) is 0 Å². The van der Waals surface area contributed by atoms with Gasteiger partial charge >= 0.3 is 6.09 Å². The summed E-state index contributed by atoms with van der Waals surface area (Å²) in [5.74, 6) is -0.327. The zero-order chi connectivity index (χ0) is 11.9. The number of anilines is 1. The van der Waals surface area contributed by atoms with E-state index in [1.165, 1.54) is 0 Å². The monoisotopic (exact) mass is 219 g/mol. The molecule has 1 fully saturated rings. The Morgan fingerprint density at radius 1 is 1.19 bits per heavy atom. The van der Waals surface area contributed by atoms with Crippen LogP contribution in [0.25, 0.3) is 0 Å². The molecule has 0 aliphatic carbocycles. The molecule has 4 nitrogen and oxygen atoms in total. The Bertz CT molecular complexity index is 465. The Morgan fingerprint density at radius 3 is 2.31 bits per heavy atom. The lowest BCUT2D eigenvalue weighted by atomic mass is 10.1. The van der Waals surface area contributed by atoms with Gasteiger partial charge in [0, 0.05) is 0 Å². The summed E-state index contributed by atoms with van der Waals surface area (Å²) in [5, 5.41) is 0. The van der Waals surface area contributed by atoms with Crippen molar-refractivity contribution in [2.45, 2.75) is 26.4 Å². The molecule has 1 heterocycles. The van der Waals surface area contributed by atoms with Crippen LogP contribution in [0.1, 0.15) is 19.4 Å². The number of cyclic esters (lactones) is 1. The minimum atomic E-state index is -1.07. The van der Waals surface area contributed by atoms with Crippen LogP contribution in [-0.4, -0.2) is 17.6 Å². The number of imide groups is 1. The molecule has 1 aliphatic rings. The van der Waals surface area contributed by atoms with Gasteiger partial charge in [-0.25, -0.2) is 9.69 Å². The van der Waals surface area contributed by atoms with Crippen molar-refractivity contribution in [3.8, 4) is 0 Å².